The topological polar surface area (TPSA) is 101 Å². The predicted molar refractivity (Wildman–Crippen MR) is 90.5 cm³/mol. The highest BCUT2D eigenvalue weighted by Gasteiger charge is 2.59. The molecular formula is C17H24O8S. The first-order chi connectivity index (χ1) is 12.1. The van der Waals surface area contributed by atoms with Crippen LogP contribution < -0.4 is 0 Å². The molecule has 9 heteroatoms. The smallest absolute Gasteiger partial charge is 0.264 e. The fraction of sp³-hybridized carbons (Fsp3) is 0.647. The van der Waals surface area contributed by atoms with Crippen LogP contribution in [-0.2, 0) is 39.9 Å². The molecule has 1 N–H and O–H groups in total. The van der Waals surface area contributed by atoms with Crippen molar-refractivity contribution in [3.63, 3.8) is 0 Å². The number of rotatable bonds is 5. The summed E-state index contributed by atoms with van der Waals surface area (Å²) in [6.45, 7) is 3.46. The Kier molecular flexibility index (Phi) is 5.42. The molecule has 0 aliphatic carbocycles. The maximum atomic E-state index is 11.6. The van der Waals surface area contributed by atoms with Gasteiger partial charge in [0.1, 0.15) is 24.9 Å². The van der Waals surface area contributed by atoms with Crippen LogP contribution in [-0.4, -0.2) is 62.9 Å². The first kappa shape index (κ1) is 19.7. The Balaban J connectivity index is 1.80. The average Bonchev–Trinajstić information content (AvgIpc) is 2.87. The molecule has 2 saturated heterocycles. The van der Waals surface area contributed by atoms with E-state index in [1.54, 1.807) is 13.8 Å². The molecule has 1 spiro atoms. The van der Waals surface area contributed by atoms with Crippen LogP contribution in [0.1, 0.15) is 19.4 Å². The summed E-state index contributed by atoms with van der Waals surface area (Å²) in [6.07, 6.45) is -2.33. The van der Waals surface area contributed by atoms with Gasteiger partial charge in [0.25, 0.3) is 10.1 Å². The van der Waals surface area contributed by atoms with Gasteiger partial charge in [0.15, 0.2) is 5.79 Å². The van der Waals surface area contributed by atoms with E-state index in [1.165, 1.54) is 0 Å². The first-order valence-corrected chi connectivity index (χ1v) is 10.1. The predicted octanol–water partition coefficient (Wildman–Crippen LogP) is 0.787. The second-order valence-electron chi connectivity index (χ2n) is 6.96. The normalized spacial score (nSPS) is 34.2. The van der Waals surface area contributed by atoms with Gasteiger partial charge in [-0.2, -0.15) is 8.42 Å². The first-order valence-electron chi connectivity index (χ1n) is 8.30. The van der Waals surface area contributed by atoms with Crippen molar-refractivity contribution >= 4 is 10.1 Å². The fourth-order valence-corrected chi connectivity index (χ4v) is 3.71. The molecule has 4 atom stereocenters. The van der Waals surface area contributed by atoms with Crippen LogP contribution in [0.4, 0.5) is 0 Å². The zero-order valence-corrected chi connectivity index (χ0v) is 15.8. The Labute approximate surface area is 153 Å². The monoisotopic (exact) mass is 388 g/mol. The minimum absolute atomic E-state index is 0.00203. The van der Waals surface area contributed by atoms with Gasteiger partial charge in [0, 0.05) is 0 Å². The molecule has 0 amide bonds. The molecule has 2 fully saturated rings. The lowest BCUT2D eigenvalue weighted by molar-refractivity contribution is -0.340. The number of ether oxygens (including phenoxy) is 4. The molecule has 1 aromatic rings. The van der Waals surface area contributed by atoms with Crippen molar-refractivity contribution in [2.45, 2.75) is 50.3 Å². The molecule has 146 valence electrons. The molecule has 26 heavy (non-hydrogen) atoms. The second kappa shape index (κ2) is 7.16. The lowest BCUT2D eigenvalue weighted by Gasteiger charge is -2.44. The SMILES string of the molecule is CC1(C)OC[C@]2(OC[C@@H](OS(C)(=O)=O)[C@@H](OCc3ccccc3)[C@H]2O)O1. The standard InChI is InChI=1S/C17H24O8S/c1-16(2)23-11-17(25-16)15(18)14(13(10-22-17)24-26(3,19)20)21-9-12-7-5-4-6-8-12/h4-8,13-15,18H,9-11H2,1-3H3/t13-,14-,15-,17+/m1/s1. The maximum Gasteiger partial charge on any atom is 0.264 e. The summed E-state index contributed by atoms with van der Waals surface area (Å²) < 4.78 is 51.0. The van der Waals surface area contributed by atoms with Crippen molar-refractivity contribution in [2.24, 2.45) is 0 Å². The molecule has 0 unspecified atom stereocenters. The Hall–Kier alpha value is -1.07. The third-order valence-corrected chi connectivity index (χ3v) is 4.84. The highest BCUT2D eigenvalue weighted by atomic mass is 32.2. The second-order valence-corrected chi connectivity index (χ2v) is 8.56. The van der Waals surface area contributed by atoms with Gasteiger partial charge in [0.2, 0.25) is 5.79 Å². The molecule has 0 radical (unpaired) electrons. The molecule has 1 aromatic carbocycles. The van der Waals surface area contributed by atoms with Crippen molar-refractivity contribution in [3.05, 3.63) is 35.9 Å². The highest BCUT2D eigenvalue weighted by Crippen LogP contribution is 2.40. The van der Waals surface area contributed by atoms with Crippen LogP contribution >= 0.6 is 0 Å². The lowest BCUT2D eigenvalue weighted by atomic mass is 9.97. The lowest BCUT2D eigenvalue weighted by Crippen LogP contribution is -2.64. The van der Waals surface area contributed by atoms with Gasteiger partial charge in [0.05, 0.1) is 19.5 Å². The molecule has 2 aliphatic rings. The number of aliphatic hydroxyl groups excluding tert-OH is 1. The van der Waals surface area contributed by atoms with E-state index in [2.05, 4.69) is 0 Å². The summed E-state index contributed by atoms with van der Waals surface area (Å²) in [4.78, 5) is 0. The molecule has 0 saturated carbocycles. The number of benzene rings is 1. The molecule has 2 aliphatic heterocycles. The summed E-state index contributed by atoms with van der Waals surface area (Å²) in [6, 6.07) is 9.34. The Morgan fingerprint density at radius 1 is 1.23 bits per heavy atom. The van der Waals surface area contributed by atoms with Gasteiger partial charge in [-0.25, -0.2) is 0 Å². The van der Waals surface area contributed by atoms with Gasteiger partial charge in [-0.05, 0) is 19.4 Å². The van der Waals surface area contributed by atoms with Crippen molar-refractivity contribution in [3.8, 4) is 0 Å². The van der Waals surface area contributed by atoms with Gasteiger partial charge in [-0.15, -0.1) is 0 Å². The van der Waals surface area contributed by atoms with Crippen LogP contribution in [0.2, 0.25) is 0 Å². The molecule has 8 nitrogen and oxygen atoms in total. The van der Waals surface area contributed by atoms with E-state index < -0.39 is 40.0 Å². The van der Waals surface area contributed by atoms with Gasteiger partial charge >= 0.3 is 0 Å². The Morgan fingerprint density at radius 2 is 1.92 bits per heavy atom. The van der Waals surface area contributed by atoms with E-state index in [1.807, 2.05) is 30.3 Å². The van der Waals surface area contributed by atoms with Gasteiger partial charge in [-0.1, -0.05) is 30.3 Å². The number of hydrogen-bond acceptors (Lipinski definition) is 8. The molecular weight excluding hydrogens is 364 g/mol. The van der Waals surface area contributed by atoms with Crippen LogP contribution in [0.5, 0.6) is 0 Å². The summed E-state index contributed by atoms with van der Waals surface area (Å²) in [5.74, 6) is -2.36. The number of aliphatic hydroxyl groups is 1. The third-order valence-electron chi connectivity index (χ3n) is 4.24. The zero-order chi connectivity index (χ0) is 19.0. The Bertz CT molecular complexity index is 720. The van der Waals surface area contributed by atoms with Gasteiger partial charge in [-0.3, -0.25) is 4.18 Å². The largest absolute Gasteiger partial charge is 0.385 e. The van der Waals surface area contributed by atoms with E-state index >= 15 is 0 Å². The minimum atomic E-state index is -3.76. The summed E-state index contributed by atoms with van der Waals surface area (Å²) >= 11 is 0. The maximum absolute atomic E-state index is 11.6. The van der Waals surface area contributed by atoms with E-state index in [9.17, 15) is 13.5 Å². The summed E-state index contributed by atoms with van der Waals surface area (Å²) in [7, 11) is -3.76. The van der Waals surface area contributed by atoms with Crippen molar-refractivity contribution in [1.82, 2.24) is 0 Å². The minimum Gasteiger partial charge on any atom is -0.385 e. The van der Waals surface area contributed by atoms with E-state index in [4.69, 9.17) is 23.1 Å². The summed E-state index contributed by atoms with van der Waals surface area (Å²) in [5, 5.41) is 10.9. The van der Waals surface area contributed by atoms with Crippen LogP contribution in [0.15, 0.2) is 30.3 Å². The van der Waals surface area contributed by atoms with Crippen molar-refractivity contribution in [2.75, 3.05) is 19.5 Å². The van der Waals surface area contributed by atoms with Gasteiger partial charge < -0.3 is 24.1 Å². The van der Waals surface area contributed by atoms with Crippen LogP contribution in [0.25, 0.3) is 0 Å². The molecule has 0 aromatic heterocycles. The molecule has 3 rings (SSSR count). The molecule has 0 bridgehead atoms. The van der Waals surface area contributed by atoms with E-state index in [-0.39, 0.29) is 19.8 Å². The zero-order valence-electron chi connectivity index (χ0n) is 15.0. The quantitative estimate of drug-likeness (QED) is 0.739. The summed E-state index contributed by atoms with van der Waals surface area (Å²) in [5.41, 5.74) is 0.877. The van der Waals surface area contributed by atoms with Crippen LogP contribution in [0.3, 0.4) is 0 Å². The van der Waals surface area contributed by atoms with Crippen LogP contribution in [0, 0.1) is 0 Å². The van der Waals surface area contributed by atoms with Crippen molar-refractivity contribution in [1.29, 1.82) is 0 Å². The van der Waals surface area contributed by atoms with E-state index in [0.29, 0.717) is 0 Å². The highest BCUT2D eigenvalue weighted by molar-refractivity contribution is 7.86. The fourth-order valence-electron chi connectivity index (χ4n) is 3.10. The molecule has 2 heterocycles. The average molecular weight is 388 g/mol. The van der Waals surface area contributed by atoms with E-state index in [0.717, 1.165) is 11.8 Å². The Morgan fingerprint density at radius 3 is 2.50 bits per heavy atom. The third kappa shape index (κ3) is 4.42. The number of hydrogen-bond donors (Lipinski definition) is 1. The van der Waals surface area contributed by atoms with Crippen molar-refractivity contribution < 1.29 is 36.7 Å².